The van der Waals surface area contributed by atoms with Crippen LogP contribution in [0.25, 0.3) is 11.2 Å². The van der Waals surface area contributed by atoms with Crippen molar-refractivity contribution >= 4 is 22.8 Å². The van der Waals surface area contributed by atoms with E-state index >= 15 is 0 Å². The van der Waals surface area contributed by atoms with Crippen LogP contribution in [0.5, 0.6) is 0 Å². The maximum Gasteiger partial charge on any atom is 0.160 e. The average molecular weight is 300 g/mol. The minimum Gasteiger partial charge on any atom is -0.307 e. The topological polar surface area (TPSA) is 30.7 Å². The molecule has 0 amide bonds. The van der Waals surface area contributed by atoms with E-state index in [4.69, 9.17) is 11.6 Å². The second-order valence-corrected chi connectivity index (χ2v) is 5.48. The fraction of sp³-hybridized carbons (Fsp3) is 0.294. The van der Waals surface area contributed by atoms with Gasteiger partial charge >= 0.3 is 0 Å². The van der Waals surface area contributed by atoms with Crippen LogP contribution in [0.15, 0.2) is 36.4 Å². The number of aryl methyl sites for hydroxylation is 2. The van der Waals surface area contributed by atoms with E-state index in [1.165, 1.54) is 11.1 Å². The van der Waals surface area contributed by atoms with Gasteiger partial charge in [0.25, 0.3) is 0 Å². The van der Waals surface area contributed by atoms with Crippen molar-refractivity contribution < 1.29 is 0 Å². The van der Waals surface area contributed by atoms with Gasteiger partial charge in [0.2, 0.25) is 0 Å². The molecule has 1 aromatic carbocycles. The summed E-state index contributed by atoms with van der Waals surface area (Å²) in [6.45, 7) is 4.91. The first kappa shape index (κ1) is 14.1. The Morgan fingerprint density at radius 2 is 1.71 bits per heavy atom. The lowest BCUT2D eigenvalue weighted by molar-refractivity contribution is 0.769. The molecule has 0 unspecified atom stereocenters. The van der Waals surface area contributed by atoms with Gasteiger partial charge in [-0.15, -0.1) is 11.6 Å². The Labute approximate surface area is 129 Å². The van der Waals surface area contributed by atoms with Gasteiger partial charge in [-0.3, -0.25) is 0 Å². The number of benzene rings is 1. The molecular formula is C17H18ClN3. The van der Waals surface area contributed by atoms with Crippen molar-refractivity contribution in [2.75, 3.05) is 0 Å². The quantitative estimate of drug-likeness (QED) is 0.679. The van der Waals surface area contributed by atoms with E-state index in [0.717, 1.165) is 35.6 Å². The average Bonchev–Trinajstić information content (AvgIpc) is 2.85. The predicted molar refractivity (Wildman–Crippen MR) is 86.7 cm³/mol. The van der Waals surface area contributed by atoms with Crippen LogP contribution < -0.4 is 0 Å². The van der Waals surface area contributed by atoms with Gasteiger partial charge in [0, 0.05) is 5.69 Å². The standard InChI is InChI=1S/C17H18ClN3/c1-3-13-5-7-14(8-6-13)11-21-16(10-18)20-15-9-4-12(2)19-17(15)21/h4-9H,3,10-11H2,1-2H3. The van der Waals surface area contributed by atoms with Crippen LogP contribution in [-0.4, -0.2) is 14.5 Å². The Kier molecular flexibility index (Phi) is 3.93. The van der Waals surface area contributed by atoms with Crippen molar-refractivity contribution in [3.05, 3.63) is 59.0 Å². The van der Waals surface area contributed by atoms with E-state index in [2.05, 4.69) is 45.7 Å². The Hall–Kier alpha value is -1.87. The Balaban J connectivity index is 2.03. The van der Waals surface area contributed by atoms with E-state index in [9.17, 15) is 0 Å². The van der Waals surface area contributed by atoms with Crippen molar-refractivity contribution in [3.63, 3.8) is 0 Å². The summed E-state index contributed by atoms with van der Waals surface area (Å²) in [6.07, 6.45) is 1.06. The molecule has 0 aliphatic heterocycles. The highest BCUT2D eigenvalue weighted by atomic mass is 35.5. The van der Waals surface area contributed by atoms with Crippen LogP contribution in [0.3, 0.4) is 0 Å². The summed E-state index contributed by atoms with van der Waals surface area (Å²) in [7, 11) is 0. The normalized spacial score (nSPS) is 11.2. The number of nitrogens with zero attached hydrogens (tertiary/aromatic N) is 3. The first-order valence-electron chi connectivity index (χ1n) is 7.17. The maximum atomic E-state index is 6.05. The molecule has 21 heavy (non-hydrogen) atoms. The molecule has 0 bridgehead atoms. The van der Waals surface area contributed by atoms with Crippen LogP contribution in [-0.2, 0) is 18.8 Å². The van der Waals surface area contributed by atoms with Crippen molar-refractivity contribution in [2.45, 2.75) is 32.7 Å². The molecule has 0 atom stereocenters. The lowest BCUT2D eigenvalue weighted by Gasteiger charge is -2.08. The highest BCUT2D eigenvalue weighted by Crippen LogP contribution is 2.18. The monoisotopic (exact) mass is 299 g/mol. The van der Waals surface area contributed by atoms with E-state index in [0.29, 0.717) is 5.88 Å². The molecule has 0 radical (unpaired) electrons. The second-order valence-electron chi connectivity index (χ2n) is 5.21. The molecule has 3 rings (SSSR count). The number of halogens is 1. The number of hydrogen-bond donors (Lipinski definition) is 0. The summed E-state index contributed by atoms with van der Waals surface area (Å²) in [5.74, 6) is 1.26. The Bertz CT molecular complexity index is 760. The van der Waals surface area contributed by atoms with Crippen molar-refractivity contribution in [1.82, 2.24) is 14.5 Å². The third-order valence-electron chi connectivity index (χ3n) is 3.70. The third kappa shape index (κ3) is 2.79. The van der Waals surface area contributed by atoms with Gasteiger partial charge in [-0.05, 0) is 36.6 Å². The first-order chi connectivity index (χ1) is 10.2. The number of hydrogen-bond acceptors (Lipinski definition) is 2. The molecule has 2 heterocycles. The van der Waals surface area contributed by atoms with E-state index in [1.54, 1.807) is 0 Å². The molecule has 0 fully saturated rings. The number of rotatable bonds is 4. The van der Waals surface area contributed by atoms with Gasteiger partial charge in [-0.1, -0.05) is 31.2 Å². The van der Waals surface area contributed by atoms with Gasteiger partial charge in [-0.25, -0.2) is 9.97 Å². The SMILES string of the molecule is CCc1ccc(Cn2c(CCl)nc3ccc(C)nc32)cc1. The summed E-state index contributed by atoms with van der Waals surface area (Å²) in [4.78, 5) is 9.19. The summed E-state index contributed by atoms with van der Waals surface area (Å²) < 4.78 is 2.11. The third-order valence-corrected chi connectivity index (χ3v) is 3.94. The number of pyridine rings is 1. The first-order valence-corrected chi connectivity index (χ1v) is 7.71. The number of fused-ring (bicyclic) bond motifs is 1. The largest absolute Gasteiger partial charge is 0.307 e. The molecule has 2 aromatic heterocycles. The van der Waals surface area contributed by atoms with E-state index in [-0.39, 0.29) is 0 Å². The van der Waals surface area contributed by atoms with Gasteiger partial charge in [0.05, 0.1) is 12.4 Å². The van der Waals surface area contributed by atoms with Crippen LogP contribution in [0, 0.1) is 6.92 Å². The van der Waals surface area contributed by atoms with Crippen LogP contribution in [0.4, 0.5) is 0 Å². The van der Waals surface area contributed by atoms with Gasteiger partial charge in [0.15, 0.2) is 5.65 Å². The summed E-state index contributed by atoms with van der Waals surface area (Å²) in [6, 6.07) is 12.7. The fourth-order valence-corrected chi connectivity index (χ4v) is 2.68. The molecule has 0 spiro atoms. The summed E-state index contributed by atoms with van der Waals surface area (Å²) in [5, 5.41) is 0. The maximum absolute atomic E-state index is 6.05. The zero-order valence-electron chi connectivity index (χ0n) is 12.3. The van der Waals surface area contributed by atoms with Crippen molar-refractivity contribution in [1.29, 1.82) is 0 Å². The number of alkyl halides is 1. The second kappa shape index (κ2) is 5.86. The molecule has 0 saturated carbocycles. The van der Waals surface area contributed by atoms with Gasteiger partial charge in [0.1, 0.15) is 11.3 Å². The minimum absolute atomic E-state index is 0.391. The lowest BCUT2D eigenvalue weighted by atomic mass is 10.1. The smallest absolute Gasteiger partial charge is 0.160 e. The van der Waals surface area contributed by atoms with Crippen LogP contribution >= 0.6 is 11.6 Å². The lowest BCUT2D eigenvalue weighted by Crippen LogP contribution is -2.05. The van der Waals surface area contributed by atoms with Gasteiger partial charge < -0.3 is 4.57 Å². The molecule has 0 saturated heterocycles. The van der Waals surface area contributed by atoms with Crippen LogP contribution in [0.2, 0.25) is 0 Å². The zero-order chi connectivity index (χ0) is 14.8. The molecule has 3 nitrogen and oxygen atoms in total. The molecule has 108 valence electrons. The Morgan fingerprint density at radius 3 is 2.38 bits per heavy atom. The molecular weight excluding hydrogens is 282 g/mol. The predicted octanol–water partition coefficient (Wildman–Crippen LogP) is 4.09. The molecule has 4 heteroatoms. The minimum atomic E-state index is 0.391. The fourth-order valence-electron chi connectivity index (χ4n) is 2.47. The summed E-state index contributed by atoms with van der Waals surface area (Å²) in [5.41, 5.74) is 5.39. The zero-order valence-corrected chi connectivity index (χ0v) is 13.1. The molecule has 3 aromatic rings. The number of imidazole rings is 1. The van der Waals surface area contributed by atoms with Crippen LogP contribution in [0.1, 0.15) is 29.6 Å². The van der Waals surface area contributed by atoms with Crippen molar-refractivity contribution in [2.24, 2.45) is 0 Å². The van der Waals surface area contributed by atoms with E-state index in [1.807, 2.05) is 19.1 Å². The molecule has 0 aliphatic carbocycles. The summed E-state index contributed by atoms with van der Waals surface area (Å²) >= 11 is 6.05. The highest BCUT2D eigenvalue weighted by molar-refractivity contribution is 6.16. The number of aromatic nitrogens is 3. The van der Waals surface area contributed by atoms with Gasteiger partial charge in [-0.2, -0.15) is 0 Å². The Morgan fingerprint density at radius 1 is 1.00 bits per heavy atom. The van der Waals surface area contributed by atoms with E-state index < -0.39 is 0 Å². The van der Waals surface area contributed by atoms with Crippen molar-refractivity contribution in [3.8, 4) is 0 Å². The molecule has 0 N–H and O–H groups in total. The highest BCUT2D eigenvalue weighted by Gasteiger charge is 2.11. The molecule has 0 aliphatic rings.